The number of aliphatic hydroxyl groups excluding tert-OH is 1. The third-order valence-electron chi connectivity index (χ3n) is 8.11. The summed E-state index contributed by atoms with van der Waals surface area (Å²) in [6.45, 7) is 14.9. The molecule has 0 atom stereocenters. The van der Waals surface area contributed by atoms with Crippen LogP contribution in [0.25, 0.3) is 33.0 Å². The molecule has 43 heavy (non-hydrogen) atoms. The molecule has 2 heterocycles. The molecule has 0 saturated heterocycles. The molecular weight excluding hydrogens is 771 g/mol. The summed E-state index contributed by atoms with van der Waals surface area (Å²) in [7, 11) is 0. The summed E-state index contributed by atoms with van der Waals surface area (Å²) in [6.07, 6.45) is 6.75. The number of nitrogens with zero attached hydrogens (tertiary/aromatic N) is 1. The van der Waals surface area contributed by atoms with Crippen LogP contribution in [0.4, 0.5) is 0 Å². The van der Waals surface area contributed by atoms with E-state index in [2.05, 4.69) is 80.5 Å². The SMILES string of the molecule is CC(C)(C)c1cc(-c2nccc3o[c]([Ge]([CH3])([CH3])[CH3])cc23)[c-]c2ccccc12.CCC(CC)C(=O)/C=C(\O)C(CC)CC.[Ir]. The number of fused-ring (bicyclic) bond motifs is 2. The fraction of sp³-hybridized carbons (Fsp3) is 0.459. The normalized spacial score (nSPS) is 12.4. The van der Waals surface area contributed by atoms with Gasteiger partial charge in [0.2, 0.25) is 0 Å². The van der Waals surface area contributed by atoms with Gasteiger partial charge in [-0.3, -0.25) is 4.79 Å². The van der Waals surface area contributed by atoms with Crippen LogP contribution in [0.3, 0.4) is 0 Å². The molecule has 0 aliphatic heterocycles. The maximum atomic E-state index is 11.7. The van der Waals surface area contributed by atoms with Crippen molar-refractivity contribution in [1.29, 1.82) is 0 Å². The van der Waals surface area contributed by atoms with Crippen LogP contribution >= 0.6 is 0 Å². The van der Waals surface area contributed by atoms with Gasteiger partial charge in [-0.2, -0.15) is 0 Å². The van der Waals surface area contributed by atoms with Crippen LogP contribution in [0.1, 0.15) is 79.7 Å². The third-order valence-corrected chi connectivity index (χ3v) is 11.7. The number of pyridine rings is 1. The van der Waals surface area contributed by atoms with E-state index in [-0.39, 0.29) is 48.9 Å². The number of hydrogen-bond donors (Lipinski definition) is 1. The minimum Gasteiger partial charge on any atom is -0.512 e. The molecule has 1 N–H and O–H groups in total. The third kappa shape index (κ3) is 9.15. The first-order valence-electron chi connectivity index (χ1n) is 15.5. The van der Waals surface area contributed by atoms with E-state index in [0.717, 1.165) is 57.9 Å². The van der Waals surface area contributed by atoms with Crippen molar-refractivity contribution in [2.45, 2.75) is 96.8 Å². The Morgan fingerprint density at radius 3 is 2.12 bits per heavy atom. The molecule has 6 heteroatoms. The zero-order chi connectivity index (χ0) is 31.2. The molecule has 1 radical (unpaired) electrons. The Labute approximate surface area is 275 Å². The zero-order valence-corrected chi connectivity index (χ0v) is 32.2. The predicted octanol–water partition coefficient (Wildman–Crippen LogP) is 10.2. The molecule has 0 unspecified atom stereocenters. The fourth-order valence-corrected chi connectivity index (χ4v) is 7.39. The fourth-order valence-electron chi connectivity index (χ4n) is 5.31. The van der Waals surface area contributed by atoms with Crippen LogP contribution in [0.2, 0.25) is 17.3 Å². The molecule has 4 aromatic rings. The van der Waals surface area contributed by atoms with E-state index < -0.39 is 13.3 Å². The first-order valence-corrected chi connectivity index (χ1v) is 22.9. The summed E-state index contributed by atoms with van der Waals surface area (Å²) in [5.74, 6) is 7.60. The summed E-state index contributed by atoms with van der Waals surface area (Å²) in [5, 5.41) is 13.3. The number of ketones is 1. The second-order valence-corrected chi connectivity index (χ2v) is 23.8. The van der Waals surface area contributed by atoms with E-state index in [1.165, 1.54) is 17.0 Å². The Morgan fingerprint density at radius 1 is 0.953 bits per heavy atom. The van der Waals surface area contributed by atoms with Crippen LogP contribution in [-0.2, 0) is 30.3 Å². The van der Waals surface area contributed by atoms with Gasteiger partial charge < -0.3 is 5.11 Å². The first-order chi connectivity index (χ1) is 19.7. The number of benzene rings is 2. The maximum absolute atomic E-state index is 11.7. The Morgan fingerprint density at radius 2 is 1.56 bits per heavy atom. The molecule has 235 valence electrons. The van der Waals surface area contributed by atoms with Crippen molar-refractivity contribution in [3.05, 3.63) is 72.1 Å². The number of aliphatic hydroxyl groups is 1. The van der Waals surface area contributed by atoms with Crippen LogP contribution in [0, 0.1) is 17.9 Å². The summed E-state index contributed by atoms with van der Waals surface area (Å²) in [5.41, 5.74) is 4.29. The average molecular weight is 822 g/mol. The van der Waals surface area contributed by atoms with Crippen LogP contribution in [0.15, 0.2) is 64.9 Å². The van der Waals surface area contributed by atoms with Gasteiger partial charge in [0.15, 0.2) is 5.78 Å². The topological polar surface area (TPSA) is 63.3 Å². The molecule has 0 aliphatic rings. The van der Waals surface area contributed by atoms with Gasteiger partial charge in [0.25, 0.3) is 0 Å². The number of carbonyl (C=O) groups excluding carboxylic acids is 1. The van der Waals surface area contributed by atoms with E-state index in [1.807, 2.05) is 40.0 Å². The van der Waals surface area contributed by atoms with Crippen LogP contribution < -0.4 is 4.59 Å². The first kappa shape index (κ1) is 37.0. The van der Waals surface area contributed by atoms with E-state index in [0.29, 0.717) is 0 Å². The summed E-state index contributed by atoms with van der Waals surface area (Å²) < 4.78 is 7.37. The summed E-state index contributed by atoms with van der Waals surface area (Å²) in [6, 6.07) is 18.6. The molecule has 4 rings (SSSR count). The standard InChI is InChI=1S/C24H26GeNO.C13H24O2.Ir/c1-24(2,3)20-14-17(13-16-9-7-8-10-18(16)20)23-19-15-22(25(4,5)6)27-21(19)11-12-26-23;1-5-10(6-2)12(14)9-13(15)11(7-3)8-4;/h7-12,14-15H,1-6H3;9-11,14H,5-8H2,1-4H3;/q-1;;/b;12-9-;. The van der Waals surface area contributed by atoms with Crippen LogP contribution in [-0.4, -0.2) is 29.1 Å². The monoisotopic (exact) mass is 823 g/mol. The predicted molar refractivity (Wildman–Crippen MR) is 181 cm³/mol. The Kier molecular flexibility index (Phi) is 13.5. The minimum atomic E-state index is -2.05. The van der Waals surface area contributed by atoms with Gasteiger partial charge in [0.1, 0.15) is 0 Å². The summed E-state index contributed by atoms with van der Waals surface area (Å²) in [4.78, 5) is 16.4. The second kappa shape index (κ2) is 15.7. The number of rotatable bonds is 9. The number of hydrogen-bond acceptors (Lipinski definition) is 4. The van der Waals surface area contributed by atoms with Crippen molar-refractivity contribution in [3.8, 4) is 11.3 Å². The Balaban J connectivity index is 0.000000348. The van der Waals surface area contributed by atoms with Crippen molar-refractivity contribution in [2.75, 3.05) is 0 Å². The molecule has 0 spiro atoms. The maximum Gasteiger partial charge on any atom is 0.162 e. The molecule has 0 bridgehead atoms. The molecular formula is C37H50GeIrNO3-. The Bertz CT molecular complexity index is 1530. The van der Waals surface area contributed by atoms with E-state index >= 15 is 0 Å². The number of aromatic nitrogens is 1. The zero-order valence-electron chi connectivity index (χ0n) is 27.7. The quantitative estimate of drug-likeness (QED) is 0.0791. The molecule has 2 aromatic heterocycles. The van der Waals surface area contributed by atoms with Gasteiger partial charge in [0, 0.05) is 38.0 Å². The van der Waals surface area contributed by atoms with E-state index in [4.69, 9.17) is 9.40 Å². The molecule has 0 fully saturated rings. The minimum absolute atomic E-state index is 0. The van der Waals surface area contributed by atoms with Crippen molar-refractivity contribution < 1.29 is 34.4 Å². The van der Waals surface area contributed by atoms with E-state index in [9.17, 15) is 9.90 Å². The van der Waals surface area contributed by atoms with Crippen molar-refractivity contribution >= 4 is 45.4 Å². The molecule has 4 nitrogen and oxygen atoms in total. The van der Waals surface area contributed by atoms with Gasteiger partial charge in [0.05, 0.1) is 5.76 Å². The van der Waals surface area contributed by atoms with Gasteiger partial charge >= 0.3 is 164 Å². The Hall–Kier alpha value is -2.21. The van der Waals surface area contributed by atoms with Gasteiger partial charge in [-0.05, 0) is 25.7 Å². The van der Waals surface area contributed by atoms with Crippen molar-refractivity contribution in [3.63, 3.8) is 0 Å². The van der Waals surface area contributed by atoms with Gasteiger partial charge in [-0.15, -0.1) is 0 Å². The smallest absolute Gasteiger partial charge is 0.162 e. The van der Waals surface area contributed by atoms with Crippen LogP contribution in [0.5, 0.6) is 0 Å². The second-order valence-electron chi connectivity index (χ2n) is 13.3. The van der Waals surface area contributed by atoms with Gasteiger partial charge in [-0.25, -0.2) is 0 Å². The largest absolute Gasteiger partial charge is 0.512 e. The van der Waals surface area contributed by atoms with Crippen molar-refractivity contribution in [2.24, 2.45) is 11.8 Å². The van der Waals surface area contributed by atoms with Gasteiger partial charge in [-0.1, -0.05) is 27.7 Å². The van der Waals surface area contributed by atoms with E-state index in [1.54, 1.807) is 0 Å². The number of furan rings is 1. The number of carbonyl (C=O) groups is 1. The molecule has 0 aliphatic carbocycles. The summed E-state index contributed by atoms with van der Waals surface area (Å²) >= 11 is -2.05. The van der Waals surface area contributed by atoms with Crippen molar-refractivity contribution in [1.82, 2.24) is 4.98 Å². The average Bonchev–Trinajstić information content (AvgIpc) is 3.39. The number of allylic oxidation sites excluding steroid dienone is 2. The molecule has 0 amide bonds. The molecule has 0 saturated carbocycles. The molecule has 2 aromatic carbocycles.